The maximum Gasteiger partial charge on any atom is 0.307 e. The molecule has 0 saturated carbocycles. The van der Waals surface area contributed by atoms with Gasteiger partial charge in [0.15, 0.2) is 0 Å². The standard InChI is InChI=1S/C12H12O3/c13-7-2-1-4-10-5-3-6-11(8-10)9-12(14)15/h1,3-8H,2,9H2,(H,14,15). The van der Waals surface area contributed by atoms with E-state index in [0.29, 0.717) is 6.42 Å². The van der Waals surface area contributed by atoms with Crippen LogP contribution in [-0.4, -0.2) is 17.4 Å². The SMILES string of the molecule is O=CCC=Cc1cccc(CC(=O)O)c1. The van der Waals surface area contributed by atoms with Crippen molar-refractivity contribution in [3.63, 3.8) is 0 Å². The lowest BCUT2D eigenvalue weighted by Crippen LogP contribution is -1.99. The van der Waals surface area contributed by atoms with Crippen molar-refractivity contribution in [2.45, 2.75) is 12.8 Å². The summed E-state index contributed by atoms with van der Waals surface area (Å²) in [6, 6.07) is 7.24. The minimum absolute atomic E-state index is 0.0232. The molecule has 0 saturated heterocycles. The monoisotopic (exact) mass is 204 g/mol. The van der Waals surface area contributed by atoms with Gasteiger partial charge in [-0.1, -0.05) is 36.4 Å². The molecule has 1 N–H and O–H groups in total. The second-order valence-electron chi connectivity index (χ2n) is 3.12. The molecule has 0 aliphatic carbocycles. The van der Waals surface area contributed by atoms with Crippen LogP contribution in [-0.2, 0) is 16.0 Å². The highest BCUT2D eigenvalue weighted by atomic mass is 16.4. The van der Waals surface area contributed by atoms with Crippen molar-refractivity contribution >= 4 is 18.3 Å². The van der Waals surface area contributed by atoms with Crippen molar-refractivity contribution in [1.82, 2.24) is 0 Å². The van der Waals surface area contributed by atoms with Gasteiger partial charge in [-0.15, -0.1) is 0 Å². The van der Waals surface area contributed by atoms with Crippen LogP contribution in [0.4, 0.5) is 0 Å². The number of hydrogen-bond donors (Lipinski definition) is 1. The Bertz CT molecular complexity index is 380. The molecule has 0 fully saturated rings. The zero-order chi connectivity index (χ0) is 11.1. The van der Waals surface area contributed by atoms with Crippen LogP contribution in [0.2, 0.25) is 0 Å². The van der Waals surface area contributed by atoms with Crippen molar-refractivity contribution < 1.29 is 14.7 Å². The molecule has 0 spiro atoms. The molecule has 15 heavy (non-hydrogen) atoms. The van der Waals surface area contributed by atoms with Crippen LogP contribution in [0.25, 0.3) is 6.08 Å². The van der Waals surface area contributed by atoms with Crippen LogP contribution in [0, 0.1) is 0 Å². The molecule has 0 unspecified atom stereocenters. The number of aldehydes is 1. The van der Waals surface area contributed by atoms with E-state index >= 15 is 0 Å². The number of carboxylic acids is 1. The lowest BCUT2D eigenvalue weighted by atomic mass is 10.1. The van der Waals surface area contributed by atoms with Crippen molar-refractivity contribution in [1.29, 1.82) is 0 Å². The molecule has 0 aliphatic rings. The first-order valence-corrected chi connectivity index (χ1v) is 4.63. The summed E-state index contributed by atoms with van der Waals surface area (Å²) < 4.78 is 0. The quantitative estimate of drug-likeness (QED) is 0.745. The van der Waals surface area contributed by atoms with Gasteiger partial charge >= 0.3 is 5.97 Å². The molecule has 1 rings (SSSR count). The zero-order valence-electron chi connectivity index (χ0n) is 8.22. The summed E-state index contributed by atoms with van der Waals surface area (Å²) >= 11 is 0. The summed E-state index contributed by atoms with van der Waals surface area (Å²) in [6.07, 6.45) is 4.77. The summed E-state index contributed by atoms with van der Waals surface area (Å²) in [5, 5.41) is 8.61. The maximum atomic E-state index is 10.5. The van der Waals surface area contributed by atoms with Crippen molar-refractivity contribution in [3.8, 4) is 0 Å². The van der Waals surface area contributed by atoms with Gasteiger partial charge in [-0.3, -0.25) is 4.79 Å². The van der Waals surface area contributed by atoms with Gasteiger partial charge in [0.2, 0.25) is 0 Å². The fourth-order valence-electron chi connectivity index (χ4n) is 1.24. The minimum atomic E-state index is -0.843. The Hall–Kier alpha value is -1.90. The number of carboxylic acid groups (broad SMARTS) is 1. The molecule has 3 heteroatoms. The van der Waals surface area contributed by atoms with Crippen LogP contribution in [0.1, 0.15) is 17.5 Å². The maximum absolute atomic E-state index is 10.5. The van der Waals surface area contributed by atoms with E-state index in [4.69, 9.17) is 5.11 Å². The van der Waals surface area contributed by atoms with Crippen molar-refractivity contribution in [2.75, 3.05) is 0 Å². The van der Waals surface area contributed by atoms with Crippen LogP contribution in [0.3, 0.4) is 0 Å². The van der Waals surface area contributed by atoms with E-state index in [9.17, 15) is 9.59 Å². The predicted molar refractivity (Wildman–Crippen MR) is 57.5 cm³/mol. The predicted octanol–water partition coefficient (Wildman–Crippen LogP) is 1.92. The van der Waals surface area contributed by atoms with E-state index in [1.807, 2.05) is 6.07 Å². The molecule has 78 valence electrons. The lowest BCUT2D eigenvalue weighted by Gasteiger charge is -1.98. The largest absolute Gasteiger partial charge is 0.481 e. The third kappa shape index (κ3) is 4.22. The van der Waals surface area contributed by atoms with Crippen LogP contribution in [0.5, 0.6) is 0 Å². The summed E-state index contributed by atoms with van der Waals surface area (Å²) in [4.78, 5) is 20.6. The number of allylic oxidation sites excluding steroid dienone is 1. The highest BCUT2D eigenvalue weighted by Gasteiger charge is 1.99. The highest BCUT2D eigenvalue weighted by Crippen LogP contribution is 2.08. The van der Waals surface area contributed by atoms with Gasteiger partial charge < -0.3 is 9.90 Å². The molecule has 0 aromatic heterocycles. The molecule has 1 aromatic carbocycles. The molecule has 0 aliphatic heterocycles. The summed E-state index contributed by atoms with van der Waals surface area (Å²) in [5.74, 6) is -0.843. The van der Waals surface area contributed by atoms with Gasteiger partial charge in [-0.25, -0.2) is 0 Å². The van der Waals surface area contributed by atoms with Gasteiger partial charge in [0.25, 0.3) is 0 Å². The van der Waals surface area contributed by atoms with Crippen molar-refractivity contribution in [2.24, 2.45) is 0 Å². The van der Waals surface area contributed by atoms with E-state index in [1.54, 1.807) is 30.4 Å². The average molecular weight is 204 g/mol. The summed E-state index contributed by atoms with van der Waals surface area (Å²) in [7, 11) is 0. The number of aliphatic carboxylic acids is 1. The first kappa shape index (κ1) is 11.2. The molecular formula is C12H12O3. The van der Waals surface area contributed by atoms with E-state index in [1.165, 1.54) is 0 Å². The highest BCUT2D eigenvalue weighted by molar-refractivity contribution is 5.70. The fraction of sp³-hybridized carbons (Fsp3) is 0.167. The first-order valence-electron chi connectivity index (χ1n) is 4.63. The minimum Gasteiger partial charge on any atom is -0.481 e. The average Bonchev–Trinajstić information content (AvgIpc) is 2.18. The van der Waals surface area contributed by atoms with Crippen LogP contribution in [0.15, 0.2) is 30.3 Å². The molecular weight excluding hydrogens is 192 g/mol. The first-order chi connectivity index (χ1) is 7.22. The second-order valence-corrected chi connectivity index (χ2v) is 3.12. The number of carbonyl (C=O) groups excluding carboxylic acids is 1. The summed E-state index contributed by atoms with van der Waals surface area (Å²) in [6.45, 7) is 0. The van der Waals surface area contributed by atoms with Gasteiger partial charge in [-0.2, -0.15) is 0 Å². The Balaban J connectivity index is 2.73. The van der Waals surface area contributed by atoms with Gasteiger partial charge in [-0.05, 0) is 11.1 Å². The molecule has 0 heterocycles. The van der Waals surface area contributed by atoms with Crippen LogP contribution >= 0.6 is 0 Å². The fourth-order valence-corrected chi connectivity index (χ4v) is 1.24. The number of hydrogen-bond acceptors (Lipinski definition) is 2. The number of rotatable bonds is 5. The van der Waals surface area contributed by atoms with Crippen LogP contribution < -0.4 is 0 Å². The second kappa shape index (κ2) is 5.75. The van der Waals surface area contributed by atoms with E-state index in [2.05, 4.69) is 0 Å². The molecule has 0 atom stereocenters. The van der Waals surface area contributed by atoms with Gasteiger partial charge in [0.1, 0.15) is 6.29 Å². The number of carbonyl (C=O) groups is 2. The topological polar surface area (TPSA) is 54.4 Å². The lowest BCUT2D eigenvalue weighted by molar-refractivity contribution is -0.136. The molecule has 0 amide bonds. The summed E-state index contributed by atoms with van der Waals surface area (Å²) in [5.41, 5.74) is 1.67. The van der Waals surface area contributed by atoms with E-state index < -0.39 is 5.97 Å². The molecule has 3 nitrogen and oxygen atoms in total. The Morgan fingerprint density at radius 3 is 2.87 bits per heavy atom. The molecule has 0 radical (unpaired) electrons. The Labute approximate surface area is 88.0 Å². The zero-order valence-corrected chi connectivity index (χ0v) is 8.22. The third-order valence-electron chi connectivity index (χ3n) is 1.85. The smallest absolute Gasteiger partial charge is 0.307 e. The van der Waals surface area contributed by atoms with Gasteiger partial charge in [0, 0.05) is 6.42 Å². The van der Waals surface area contributed by atoms with E-state index in [-0.39, 0.29) is 6.42 Å². The molecule has 1 aromatic rings. The molecule has 0 bridgehead atoms. The van der Waals surface area contributed by atoms with Gasteiger partial charge in [0.05, 0.1) is 6.42 Å². The normalized spacial score (nSPS) is 10.4. The Morgan fingerprint density at radius 1 is 1.40 bits per heavy atom. The number of benzene rings is 1. The third-order valence-corrected chi connectivity index (χ3v) is 1.85. The Kier molecular flexibility index (Phi) is 4.29. The van der Waals surface area contributed by atoms with Crippen molar-refractivity contribution in [3.05, 3.63) is 41.5 Å². The Morgan fingerprint density at radius 2 is 2.20 bits per heavy atom. The van der Waals surface area contributed by atoms with E-state index in [0.717, 1.165) is 17.4 Å².